The summed E-state index contributed by atoms with van der Waals surface area (Å²) in [5, 5.41) is 8.32. The Bertz CT molecular complexity index is 464. The van der Waals surface area contributed by atoms with Gasteiger partial charge in [0.1, 0.15) is 12.4 Å². The Morgan fingerprint density at radius 1 is 1.35 bits per heavy atom. The van der Waals surface area contributed by atoms with E-state index in [-0.39, 0.29) is 4.90 Å². The zero-order chi connectivity index (χ0) is 12.3. The van der Waals surface area contributed by atoms with Crippen molar-refractivity contribution >= 4 is 10.0 Å². The fourth-order valence-corrected chi connectivity index (χ4v) is 2.34. The molecular formula is C11H16N2O3S. The Labute approximate surface area is 101 Å². The molecule has 1 aromatic rings. The van der Waals surface area contributed by atoms with Gasteiger partial charge in [0, 0.05) is 6.04 Å². The average molecular weight is 256 g/mol. The summed E-state index contributed by atoms with van der Waals surface area (Å²) in [5.74, 6) is 0.658. The fourth-order valence-electron chi connectivity index (χ4n) is 1.82. The Morgan fingerprint density at radius 2 is 2.06 bits per heavy atom. The Kier molecular flexibility index (Phi) is 3.66. The van der Waals surface area contributed by atoms with Crippen LogP contribution in [0.5, 0.6) is 5.75 Å². The minimum atomic E-state index is -3.62. The highest BCUT2D eigenvalue weighted by Crippen LogP contribution is 2.16. The van der Waals surface area contributed by atoms with Crippen molar-refractivity contribution in [3.63, 3.8) is 0 Å². The number of hydrogen-bond acceptors (Lipinski definition) is 4. The van der Waals surface area contributed by atoms with Crippen molar-refractivity contribution in [2.24, 2.45) is 5.14 Å². The smallest absolute Gasteiger partial charge is 0.238 e. The molecule has 0 aromatic heterocycles. The first-order valence-electron chi connectivity index (χ1n) is 5.55. The molecule has 1 heterocycles. The summed E-state index contributed by atoms with van der Waals surface area (Å²) < 4.78 is 27.6. The van der Waals surface area contributed by atoms with E-state index in [1.54, 1.807) is 12.1 Å². The van der Waals surface area contributed by atoms with Gasteiger partial charge in [-0.15, -0.1) is 0 Å². The van der Waals surface area contributed by atoms with Crippen molar-refractivity contribution in [1.82, 2.24) is 5.32 Å². The molecule has 5 nitrogen and oxygen atoms in total. The third-order valence-corrected chi connectivity index (χ3v) is 3.70. The summed E-state index contributed by atoms with van der Waals surface area (Å²) in [6.45, 7) is 1.65. The van der Waals surface area contributed by atoms with Gasteiger partial charge in [0.15, 0.2) is 0 Å². The standard InChI is InChI=1S/C11H16N2O3S/c12-17(14,15)11-5-3-10(4-6-11)16-8-9-2-1-7-13-9/h3-6,9,13H,1-2,7-8H2,(H2,12,14,15)/t9-/m0/s1. The molecule has 1 aliphatic heterocycles. The number of primary sulfonamides is 1. The van der Waals surface area contributed by atoms with Crippen LogP contribution >= 0.6 is 0 Å². The van der Waals surface area contributed by atoms with Gasteiger partial charge in [-0.05, 0) is 43.7 Å². The molecule has 3 N–H and O–H groups in total. The van der Waals surface area contributed by atoms with Crippen LogP contribution < -0.4 is 15.2 Å². The Balaban J connectivity index is 1.94. The number of rotatable bonds is 4. The van der Waals surface area contributed by atoms with E-state index < -0.39 is 10.0 Å². The molecule has 1 atom stereocenters. The highest BCUT2D eigenvalue weighted by atomic mass is 32.2. The van der Waals surface area contributed by atoms with E-state index in [4.69, 9.17) is 9.88 Å². The van der Waals surface area contributed by atoms with E-state index in [1.165, 1.54) is 18.6 Å². The lowest BCUT2D eigenvalue weighted by atomic mass is 10.2. The first-order valence-corrected chi connectivity index (χ1v) is 7.09. The van der Waals surface area contributed by atoms with Gasteiger partial charge in [-0.3, -0.25) is 0 Å². The number of sulfonamides is 1. The molecule has 0 radical (unpaired) electrons. The average Bonchev–Trinajstić information content (AvgIpc) is 2.78. The van der Waals surface area contributed by atoms with E-state index in [9.17, 15) is 8.42 Å². The lowest BCUT2D eigenvalue weighted by Gasteiger charge is -2.12. The van der Waals surface area contributed by atoms with Crippen molar-refractivity contribution in [2.45, 2.75) is 23.8 Å². The molecule has 2 rings (SSSR count). The molecule has 1 fully saturated rings. The minimum absolute atomic E-state index is 0.101. The predicted octanol–water partition coefficient (Wildman–Crippen LogP) is 0.465. The highest BCUT2D eigenvalue weighted by Gasteiger charge is 2.14. The van der Waals surface area contributed by atoms with Gasteiger partial charge in [0.2, 0.25) is 10.0 Å². The van der Waals surface area contributed by atoms with Crippen molar-refractivity contribution in [3.05, 3.63) is 24.3 Å². The van der Waals surface area contributed by atoms with Gasteiger partial charge in [-0.25, -0.2) is 13.6 Å². The van der Waals surface area contributed by atoms with Gasteiger partial charge in [-0.1, -0.05) is 0 Å². The molecule has 0 unspecified atom stereocenters. The number of ether oxygens (including phenoxy) is 1. The van der Waals surface area contributed by atoms with Crippen LogP contribution in [0, 0.1) is 0 Å². The second kappa shape index (κ2) is 5.03. The van der Waals surface area contributed by atoms with Gasteiger partial charge < -0.3 is 10.1 Å². The number of nitrogens with two attached hydrogens (primary N) is 1. The van der Waals surface area contributed by atoms with Crippen LogP contribution in [0.1, 0.15) is 12.8 Å². The zero-order valence-corrected chi connectivity index (χ0v) is 10.2. The molecule has 6 heteroatoms. The van der Waals surface area contributed by atoms with Crippen LogP contribution in [0.4, 0.5) is 0 Å². The van der Waals surface area contributed by atoms with E-state index in [0.717, 1.165) is 13.0 Å². The topological polar surface area (TPSA) is 81.4 Å². The van der Waals surface area contributed by atoms with Gasteiger partial charge in [0.25, 0.3) is 0 Å². The SMILES string of the molecule is NS(=O)(=O)c1ccc(OC[C@@H]2CCCN2)cc1. The molecule has 0 aliphatic carbocycles. The molecule has 1 aliphatic rings. The van der Waals surface area contributed by atoms with Crippen molar-refractivity contribution in [1.29, 1.82) is 0 Å². The van der Waals surface area contributed by atoms with Crippen LogP contribution in [-0.2, 0) is 10.0 Å². The molecule has 1 aromatic carbocycles. The Morgan fingerprint density at radius 3 is 2.59 bits per heavy atom. The molecule has 0 amide bonds. The maximum atomic E-state index is 11.0. The van der Waals surface area contributed by atoms with Crippen LogP contribution in [0.3, 0.4) is 0 Å². The molecule has 17 heavy (non-hydrogen) atoms. The first kappa shape index (κ1) is 12.3. The fraction of sp³-hybridized carbons (Fsp3) is 0.455. The highest BCUT2D eigenvalue weighted by molar-refractivity contribution is 7.89. The van der Waals surface area contributed by atoms with Crippen molar-refractivity contribution in [2.75, 3.05) is 13.2 Å². The molecule has 0 saturated carbocycles. The number of nitrogens with one attached hydrogen (secondary N) is 1. The second-order valence-electron chi connectivity index (χ2n) is 4.12. The quantitative estimate of drug-likeness (QED) is 0.820. The van der Waals surface area contributed by atoms with E-state index in [1.807, 2.05) is 0 Å². The lowest BCUT2D eigenvalue weighted by Crippen LogP contribution is -2.28. The van der Waals surface area contributed by atoms with E-state index in [0.29, 0.717) is 18.4 Å². The second-order valence-corrected chi connectivity index (χ2v) is 5.68. The summed E-state index contributed by atoms with van der Waals surface area (Å²) >= 11 is 0. The van der Waals surface area contributed by atoms with Gasteiger partial charge in [0.05, 0.1) is 4.90 Å². The molecule has 94 valence electrons. The summed E-state index contributed by atoms with van der Waals surface area (Å²) in [4.78, 5) is 0.101. The lowest BCUT2D eigenvalue weighted by molar-refractivity contribution is 0.277. The predicted molar refractivity (Wildman–Crippen MR) is 64.3 cm³/mol. The van der Waals surface area contributed by atoms with Gasteiger partial charge >= 0.3 is 0 Å². The van der Waals surface area contributed by atoms with E-state index in [2.05, 4.69) is 5.32 Å². The van der Waals surface area contributed by atoms with Crippen LogP contribution in [0.25, 0.3) is 0 Å². The summed E-state index contributed by atoms with van der Waals surface area (Å²) in [7, 11) is -3.62. The van der Waals surface area contributed by atoms with Crippen molar-refractivity contribution < 1.29 is 13.2 Å². The first-order chi connectivity index (χ1) is 8.05. The Hall–Kier alpha value is -1.11. The number of hydrogen-bond donors (Lipinski definition) is 2. The maximum absolute atomic E-state index is 11.0. The molecule has 1 saturated heterocycles. The summed E-state index contributed by atoms with van der Waals surface area (Å²) in [6.07, 6.45) is 2.30. The van der Waals surface area contributed by atoms with Crippen molar-refractivity contribution in [3.8, 4) is 5.75 Å². The molecule has 0 spiro atoms. The summed E-state index contributed by atoms with van der Waals surface area (Å²) in [6, 6.07) is 6.54. The normalized spacial score (nSPS) is 20.4. The molecule has 0 bridgehead atoms. The maximum Gasteiger partial charge on any atom is 0.238 e. The zero-order valence-electron chi connectivity index (χ0n) is 9.43. The molecular weight excluding hydrogens is 240 g/mol. The minimum Gasteiger partial charge on any atom is -0.492 e. The summed E-state index contributed by atoms with van der Waals surface area (Å²) in [5.41, 5.74) is 0. The third-order valence-electron chi connectivity index (χ3n) is 2.77. The number of benzene rings is 1. The van der Waals surface area contributed by atoms with Crippen LogP contribution in [0.15, 0.2) is 29.2 Å². The monoisotopic (exact) mass is 256 g/mol. The largest absolute Gasteiger partial charge is 0.492 e. The van der Waals surface area contributed by atoms with Crippen LogP contribution in [0.2, 0.25) is 0 Å². The van der Waals surface area contributed by atoms with Crippen LogP contribution in [-0.4, -0.2) is 27.6 Å². The van der Waals surface area contributed by atoms with E-state index >= 15 is 0 Å². The van der Waals surface area contributed by atoms with Gasteiger partial charge in [-0.2, -0.15) is 0 Å². The third kappa shape index (κ3) is 3.42.